The maximum absolute atomic E-state index is 11.3. The molecule has 0 aliphatic carbocycles. The summed E-state index contributed by atoms with van der Waals surface area (Å²) in [7, 11) is 0. The predicted molar refractivity (Wildman–Crippen MR) is 49.2 cm³/mol. The molecule has 0 aliphatic heterocycles. The van der Waals surface area contributed by atoms with E-state index in [2.05, 4.69) is 0 Å². The van der Waals surface area contributed by atoms with Gasteiger partial charge in [-0.1, -0.05) is 0 Å². The van der Waals surface area contributed by atoms with Crippen LogP contribution in [0.25, 0.3) is 0 Å². The van der Waals surface area contributed by atoms with Gasteiger partial charge in [-0.3, -0.25) is 4.79 Å². The van der Waals surface area contributed by atoms with Crippen LogP contribution in [0.1, 0.15) is 10.4 Å². The van der Waals surface area contributed by atoms with Gasteiger partial charge >= 0.3 is 0 Å². The smallest absolute Gasteiger partial charge is 0.196 e. The third kappa shape index (κ3) is 2.01. The number of phenolic OH excluding ortho intramolecular Hbond substituents is 2. The Morgan fingerprint density at radius 3 is 2.64 bits per heavy atom. The molecular formula is C9H11NO4. The third-order valence-electron chi connectivity index (χ3n) is 1.77. The molecule has 0 radical (unpaired) electrons. The van der Waals surface area contributed by atoms with Crippen molar-refractivity contribution in [1.29, 1.82) is 0 Å². The van der Waals surface area contributed by atoms with Gasteiger partial charge in [-0.15, -0.1) is 0 Å². The number of hydrogen-bond donors (Lipinski definition) is 4. The van der Waals surface area contributed by atoms with Gasteiger partial charge < -0.3 is 21.1 Å². The molecule has 0 bridgehead atoms. The van der Waals surface area contributed by atoms with Crippen molar-refractivity contribution in [3.05, 3.63) is 23.8 Å². The summed E-state index contributed by atoms with van der Waals surface area (Å²) in [5.74, 6) is -1.16. The van der Waals surface area contributed by atoms with E-state index >= 15 is 0 Å². The molecule has 0 fully saturated rings. The maximum Gasteiger partial charge on any atom is 0.196 e. The van der Waals surface area contributed by atoms with Crippen LogP contribution in [-0.4, -0.2) is 33.8 Å². The van der Waals surface area contributed by atoms with Crippen LogP contribution in [0.5, 0.6) is 11.5 Å². The number of nitrogens with two attached hydrogens (primary N) is 1. The second-order valence-electron chi connectivity index (χ2n) is 2.82. The van der Waals surface area contributed by atoms with Crippen LogP contribution in [0.3, 0.4) is 0 Å². The highest BCUT2D eigenvalue weighted by Crippen LogP contribution is 2.23. The minimum atomic E-state index is -1.36. The molecule has 1 aromatic carbocycles. The molecule has 0 aromatic heterocycles. The van der Waals surface area contributed by atoms with Gasteiger partial charge in [-0.25, -0.2) is 0 Å². The van der Waals surface area contributed by atoms with Crippen LogP contribution in [0.4, 0.5) is 0 Å². The number of carbonyl (C=O) groups is 1. The zero-order valence-corrected chi connectivity index (χ0v) is 7.34. The largest absolute Gasteiger partial charge is 0.508 e. The van der Waals surface area contributed by atoms with Crippen LogP contribution in [0, 0.1) is 0 Å². The van der Waals surface area contributed by atoms with Crippen LogP contribution < -0.4 is 5.73 Å². The second-order valence-corrected chi connectivity index (χ2v) is 2.82. The zero-order chi connectivity index (χ0) is 10.7. The topological polar surface area (TPSA) is 104 Å². The van der Waals surface area contributed by atoms with E-state index in [9.17, 15) is 9.90 Å². The molecule has 0 spiro atoms. The number of hydrogen-bond acceptors (Lipinski definition) is 5. The summed E-state index contributed by atoms with van der Waals surface area (Å²) in [6.07, 6.45) is -1.36. The standard InChI is InChI=1S/C9H11NO4/c10-4-8(13)9(14)6-3-5(11)1-2-7(6)12/h1-3,8,11-13H,4,10H2. The van der Waals surface area contributed by atoms with Gasteiger partial charge in [0.1, 0.15) is 17.6 Å². The van der Waals surface area contributed by atoms with Gasteiger partial charge in [0.05, 0.1) is 5.56 Å². The van der Waals surface area contributed by atoms with Crippen molar-refractivity contribution in [2.45, 2.75) is 6.10 Å². The fourth-order valence-corrected chi connectivity index (χ4v) is 1.01. The van der Waals surface area contributed by atoms with Gasteiger partial charge in [-0.05, 0) is 18.2 Å². The number of ketones is 1. The average Bonchev–Trinajstić information content (AvgIpc) is 2.19. The SMILES string of the molecule is NCC(O)C(=O)c1cc(O)ccc1O. The minimum absolute atomic E-state index is 0.136. The Kier molecular flexibility index (Phi) is 3.06. The first-order valence-corrected chi connectivity index (χ1v) is 4.00. The molecular weight excluding hydrogens is 186 g/mol. The molecule has 5 N–H and O–H groups in total. The number of phenols is 2. The highest BCUT2D eigenvalue weighted by molar-refractivity contribution is 6.02. The zero-order valence-electron chi connectivity index (χ0n) is 7.34. The van der Waals surface area contributed by atoms with Crippen molar-refractivity contribution in [2.75, 3.05) is 6.54 Å². The van der Waals surface area contributed by atoms with Crippen molar-refractivity contribution in [3.63, 3.8) is 0 Å². The highest BCUT2D eigenvalue weighted by Gasteiger charge is 2.19. The monoisotopic (exact) mass is 197 g/mol. The predicted octanol–water partition coefficient (Wildman–Crippen LogP) is -0.400. The first-order chi connectivity index (χ1) is 6.56. The van der Waals surface area contributed by atoms with Crippen molar-refractivity contribution < 1.29 is 20.1 Å². The van der Waals surface area contributed by atoms with Crippen LogP contribution in [0.15, 0.2) is 18.2 Å². The van der Waals surface area contributed by atoms with E-state index in [1.165, 1.54) is 12.1 Å². The molecule has 0 heterocycles. The maximum atomic E-state index is 11.3. The Morgan fingerprint density at radius 2 is 2.07 bits per heavy atom. The van der Waals surface area contributed by atoms with E-state index in [-0.39, 0.29) is 23.6 Å². The quantitative estimate of drug-likeness (QED) is 0.390. The summed E-state index contributed by atoms with van der Waals surface area (Å²) >= 11 is 0. The van der Waals surface area contributed by atoms with Gasteiger partial charge in [-0.2, -0.15) is 0 Å². The lowest BCUT2D eigenvalue weighted by atomic mass is 10.0. The molecule has 1 rings (SSSR count). The van der Waals surface area contributed by atoms with Crippen molar-refractivity contribution in [1.82, 2.24) is 0 Å². The first-order valence-electron chi connectivity index (χ1n) is 4.00. The minimum Gasteiger partial charge on any atom is -0.508 e. The lowest BCUT2D eigenvalue weighted by Gasteiger charge is -2.08. The van der Waals surface area contributed by atoms with Gasteiger partial charge in [0.15, 0.2) is 5.78 Å². The molecule has 76 valence electrons. The Balaban J connectivity index is 3.06. The van der Waals surface area contributed by atoms with E-state index < -0.39 is 11.9 Å². The summed E-state index contributed by atoms with van der Waals surface area (Å²) in [4.78, 5) is 11.3. The number of aromatic hydroxyl groups is 2. The Morgan fingerprint density at radius 1 is 1.43 bits per heavy atom. The van der Waals surface area contributed by atoms with E-state index in [1.807, 2.05) is 0 Å². The van der Waals surface area contributed by atoms with Gasteiger partial charge in [0, 0.05) is 6.54 Å². The summed E-state index contributed by atoms with van der Waals surface area (Å²) in [5, 5.41) is 27.5. The van der Waals surface area contributed by atoms with E-state index in [0.29, 0.717) is 0 Å². The summed E-state index contributed by atoms with van der Waals surface area (Å²) in [5.41, 5.74) is 4.95. The van der Waals surface area contributed by atoms with Crippen molar-refractivity contribution >= 4 is 5.78 Å². The van der Waals surface area contributed by atoms with Crippen LogP contribution in [0.2, 0.25) is 0 Å². The highest BCUT2D eigenvalue weighted by atomic mass is 16.3. The van der Waals surface area contributed by atoms with Crippen LogP contribution >= 0.6 is 0 Å². The number of aliphatic hydroxyl groups is 1. The van der Waals surface area contributed by atoms with E-state index in [4.69, 9.17) is 15.9 Å². The van der Waals surface area contributed by atoms with Crippen LogP contribution in [-0.2, 0) is 0 Å². The Labute approximate surface area is 80.4 Å². The first kappa shape index (κ1) is 10.5. The molecule has 1 atom stereocenters. The summed E-state index contributed by atoms with van der Waals surface area (Å²) in [6, 6.07) is 3.49. The fraction of sp³-hybridized carbons (Fsp3) is 0.222. The Hall–Kier alpha value is -1.59. The van der Waals surface area contributed by atoms with E-state index in [1.54, 1.807) is 0 Å². The number of carbonyl (C=O) groups excluding carboxylic acids is 1. The number of Topliss-reactive ketones (excluding diaryl/α,β-unsaturated/α-hetero) is 1. The molecule has 5 heteroatoms. The number of rotatable bonds is 3. The molecule has 1 aromatic rings. The number of aliphatic hydroxyl groups excluding tert-OH is 1. The lowest BCUT2D eigenvalue weighted by Crippen LogP contribution is -2.29. The Bertz CT molecular complexity index is 351. The van der Waals surface area contributed by atoms with Gasteiger partial charge in [0.25, 0.3) is 0 Å². The van der Waals surface area contributed by atoms with Gasteiger partial charge in [0.2, 0.25) is 0 Å². The normalized spacial score (nSPS) is 12.4. The molecule has 0 aliphatic rings. The average molecular weight is 197 g/mol. The lowest BCUT2D eigenvalue weighted by molar-refractivity contribution is 0.0759. The summed E-state index contributed by atoms with van der Waals surface area (Å²) in [6.45, 7) is -0.228. The fourth-order valence-electron chi connectivity index (χ4n) is 1.01. The molecule has 1 unspecified atom stereocenters. The summed E-state index contributed by atoms with van der Waals surface area (Å²) < 4.78 is 0. The molecule has 0 saturated carbocycles. The van der Waals surface area contributed by atoms with Crippen molar-refractivity contribution in [2.24, 2.45) is 5.73 Å². The molecule has 5 nitrogen and oxygen atoms in total. The number of benzene rings is 1. The third-order valence-corrected chi connectivity index (χ3v) is 1.77. The second kappa shape index (κ2) is 4.08. The molecule has 0 saturated heterocycles. The van der Waals surface area contributed by atoms with E-state index in [0.717, 1.165) is 6.07 Å². The van der Waals surface area contributed by atoms with Crippen molar-refractivity contribution in [3.8, 4) is 11.5 Å². The molecule has 14 heavy (non-hydrogen) atoms. The molecule has 0 amide bonds.